The number of alkyl halides is 3. The number of aromatic amines is 1. The number of hydrogen-bond donors (Lipinski definition) is 1. The van der Waals surface area contributed by atoms with Crippen LogP contribution in [-0.4, -0.2) is 16.3 Å². The molecule has 0 atom stereocenters. The Balaban J connectivity index is 2.15. The Kier molecular flexibility index (Phi) is 2.85. The van der Waals surface area contributed by atoms with E-state index in [-0.39, 0.29) is 5.75 Å². The van der Waals surface area contributed by atoms with Crippen molar-refractivity contribution in [3.05, 3.63) is 48.8 Å². The van der Waals surface area contributed by atoms with Gasteiger partial charge in [-0.3, -0.25) is 0 Å². The van der Waals surface area contributed by atoms with Gasteiger partial charge in [-0.15, -0.1) is 13.2 Å². The van der Waals surface area contributed by atoms with Gasteiger partial charge in [0.05, 0.1) is 0 Å². The number of nitrogens with zero attached hydrogens (tertiary/aromatic N) is 1. The van der Waals surface area contributed by atoms with Crippen LogP contribution in [-0.2, 0) is 0 Å². The van der Waals surface area contributed by atoms with Gasteiger partial charge in [0.2, 0.25) is 0 Å². The average molecular weight is 278 g/mol. The van der Waals surface area contributed by atoms with Gasteiger partial charge in [0.15, 0.2) is 0 Å². The molecule has 0 amide bonds. The lowest BCUT2D eigenvalue weighted by atomic mass is 10.1. The number of halogens is 3. The molecule has 20 heavy (non-hydrogen) atoms. The molecule has 0 radical (unpaired) electrons. The van der Waals surface area contributed by atoms with E-state index in [9.17, 15) is 13.2 Å². The van der Waals surface area contributed by atoms with Gasteiger partial charge in [0.25, 0.3) is 0 Å². The molecule has 2 aromatic heterocycles. The van der Waals surface area contributed by atoms with E-state index in [2.05, 4.69) is 14.7 Å². The minimum atomic E-state index is -4.72. The first-order chi connectivity index (χ1) is 9.54. The third kappa shape index (κ3) is 2.32. The van der Waals surface area contributed by atoms with Crippen molar-refractivity contribution in [1.82, 2.24) is 9.97 Å². The summed E-state index contributed by atoms with van der Waals surface area (Å²) in [6, 6.07) is 9.55. The third-order valence-corrected chi connectivity index (χ3v) is 2.85. The van der Waals surface area contributed by atoms with Crippen molar-refractivity contribution in [2.45, 2.75) is 6.36 Å². The van der Waals surface area contributed by atoms with Crippen LogP contribution in [0.1, 0.15) is 0 Å². The van der Waals surface area contributed by atoms with Crippen molar-refractivity contribution in [1.29, 1.82) is 0 Å². The molecule has 102 valence electrons. The molecule has 1 aromatic carbocycles. The Labute approximate surface area is 112 Å². The zero-order valence-electron chi connectivity index (χ0n) is 10.1. The van der Waals surface area contributed by atoms with Gasteiger partial charge in [-0.05, 0) is 18.2 Å². The number of rotatable bonds is 2. The second kappa shape index (κ2) is 4.56. The normalized spacial score (nSPS) is 11.8. The zero-order chi connectivity index (χ0) is 14.2. The predicted octanol–water partition coefficient (Wildman–Crippen LogP) is 4.13. The lowest BCUT2D eigenvalue weighted by molar-refractivity contribution is -0.274. The smallest absolute Gasteiger partial charge is 0.405 e. The molecule has 6 heteroatoms. The highest BCUT2D eigenvalue weighted by Gasteiger charge is 2.32. The van der Waals surface area contributed by atoms with Crippen molar-refractivity contribution in [2.75, 3.05) is 0 Å². The van der Waals surface area contributed by atoms with E-state index < -0.39 is 6.36 Å². The highest BCUT2D eigenvalue weighted by atomic mass is 19.4. The molecule has 0 saturated heterocycles. The van der Waals surface area contributed by atoms with Crippen LogP contribution in [0.2, 0.25) is 0 Å². The number of fused-ring (bicyclic) bond motifs is 1. The number of para-hydroxylation sites is 1. The number of hydrogen-bond acceptors (Lipinski definition) is 2. The molecule has 0 fully saturated rings. The Hall–Kier alpha value is -2.50. The SMILES string of the molecule is FC(F)(F)Oc1ccccc1-c1c[nH]c2ncccc12. The fraction of sp³-hybridized carbons (Fsp3) is 0.0714. The lowest BCUT2D eigenvalue weighted by Gasteiger charge is -2.12. The average Bonchev–Trinajstić information content (AvgIpc) is 2.81. The molecule has 0 unspecified atom stereocenters. The van der Waals surface area contributed by atoms with Crippen LogP contribution in [0, 0.1) is 0 Å². The molecule has 0 spiro atoms. The van der Waals surface area contributed by atoms with E-state index in [4.69, 9.17) is 0 Å². The van der Waals surface area contributed by atoms with E-state index in [1.807, 2.05) is 0 Å². The number of ether oxygens (including phenoxy) is 1. The molecular formula is C14H9F3N2O. The van der Waals surface area contributed by atoms with E-state index in [0.717, 1.165) is 5.39 Å². The Morgan fingerprint density at radius 2 is 1.80 bits per heavy atom. The summed E-state index contributed by atoms with van der Waals surface area (Å²) < 4.78 is 41.4. The highest BCUT2D eigenvalue weighted by Crippen LogP contribution is 2.36. The van der Waals surface area contributed by atoms with Crippen molar-refractivity contribution >= 4 is 11.0 Å². The lowest BCUT2D eigenvalue weighted by Crippen LogP contribution is -2.17. The van der Waals surface area contributed by atoms with Crippen molar-refractivity contribution < 1.29 is 17.9 Å². The molecule has 0 aliphatic rings. The maximum atomic E-state index is 12.4. The third-order valence-electron chi connectivity index (χ3n) is 2.85. The number of aromatic nitrogens is 2. The Bertz CT molecular complexity index is 749. The zero-order valence-corrected chi connectivity index (χ0v) is 10.1. The molecule has 0 bridgehead atoms. The van der Waals surface area contributed by atoms with E-state index in [0.29, 0.717) is 16.8 Å². The van der Waals surface area contributed by atoms with Crippen molar-refractivity contribution in [3.63, 3.8) is 0 Å². The summed E-state index contributed by atoms with van der Waals surface area (Å²) >= 11 is 0. The van der Waals surface area contributed by atoms with Gasteiger partial charge in [0.1, 0.15) is 11.4 Å². The van der Waals surface area contributed by atoms with Gasteiger partial charge in [-0.25, -0.2) is 4.98 Å². The van der Waals surface area contributed by atoms with Crippen LogP contribution >= 0.6 is 0 Å². The molecule has 3 aromatic rings. The van der Waals surface area contributed by atoms with Crippen LogP contribution in [0.15, 0.2) is 48.8 Å². The fourth-order valence-electron chi connectivity index (χ4n) is 2.08. The second-order valence-electron chi connectivity index (χ2n) is 4.15. The van der Waals surface area contributed by atoms with Crippen LogP contribution < -0.4 is 4.74 Å². The van der Waals surface area contributed by atoms with Gasteiger partial charge < -0.3 is 9.72 Å². The monoisotopic (exact) mass is 278 g/mol. The number of H-pyrrole nitrogens is 1. The van der Waals surface area contributed by atoms with Crippen molar-refractivity contribution in [2.24, 2.45) is 0 Å². The summed E-state index contributed by atoms with van der Waals surface area (Å²) in [5, 5.41) is 0.741. The van der Waals surface area contributed by atoms with Gasteiger partial charge in [0, 0.05) is 28.9 Å². The molecule has 0 saturated carbocycles. The molecule has 1 N–H and O–H groups in total. The Morgan fingerprint density at radius 1 is 1.00 bits per heavy atom. The summed E-state index contributed by atoms with van der Waals surface area (Å²) in [5.41, 5.74) is 1.60. The topological polar surface area (TPSA) is 37.9 Å². The van der Waals surface area contributed by atoms with E-state index >= 15 is 0 Å². The first-order valence-electron chi connectivity index (χ1n) is 5.82. The maximum absolute atomic E-state index is 12.4. The van der Waals surface area contributed by atoms with Crippen LogP contribution in [0.3, 0.4) is 0 Å². The summed E-state index contributed by atoms with van der Waals surface area (Å²) in [7, 11) is 0. The highest BCUT2D eigenvalue weighted by molar-refractivity contribution is 5.95. The minimum Gasteiger partial charge on any atom is -0.405 e. The minimum absolute atomic E-state index is 0.232. The first-order valence-corrected chi connectivity index (χ1v) is 5.82. The molecule has 2 heterocycles. The molecule has 0 aliphatic heterocycles. The quantitative estimate of drug-likeness (QED) is 0.765. The van der Waals surface area contributed by atoms with Crippen LogP contribution in [0.25, 0.3) is 22.2 Å². The summed E-state index contributed by atoms with van der Waals surface area (Å²) in [4.78, 5) is 7.04. The van der Waals surface area contributed by atoms with E-state index in [1.165, 1.54) is 12.1 Å². The number of pyridine rings is 1. The maximum Gasteiger partial charge on any atom is 0.573 e. The van der Waals surface area contributed by atoms with Gasteiger partial charge in [-0.2, -0.15) is 0 Å². The largest absolute Gasteiger partial charge is 0.573 e. The predicted molar refractivity (Wildman–Crippen MR) is 68.2 cm³/mol. The molecular weight excluding hydrogens is 269 g/mol. The summed E-state index contributed by atoms with van der Waals surface area (Å²) in [6.07, 6.45) is -1.49. The van der Waals surface area contributed by atoms with Crippen LogP contribution in [0.4, 0.5) is 13.2 Å². The fourth-order valence-corrected chi connectivity index (χ4v) is 2.08. The number of nitrogens with one attached hydrogen (secondary N) is 1. The summed E-state index contributed by atoms with van der Waals surface area (Å²) in [6.45, 7) is 0. The molecule has 3 nitrogen and oxygen atoms in total. The van der Waals surface area contributed by atoms with Gasteiger partial charge >= 0.3 is 6.36 Å². The van der Waals surface area contributed by atoms with E-state index in [1.54, 1.807) is 36.7 Å². The summed E-state index contributed by atoms with van der Waals surface area (Å²) in [5.74, 6) is -0.232. The van der Waals surface area contributed by atoms with Gasteiger partial charge in [-0.1, -0.05) is 18.2 Å². The standard InChI is InChI=1S/C14H9F3N2O/c15-14(16,17)20-12-6-2-1-4-9(12)11-8-19-13-10(11)5-3-7-18-13/h1-8H,(H,18,19). The second-order valence-corrected chi connectivity index (χ2v) is 4.15. The first kappa shape index (κ1) is 12.5. The molecule has 0 aliphatic carbocycles. The van der Waals surface area contributed by atoms with Crippen LogP contribution in [0.5, 0.6) is 5.75 Å². The molecule has 3 rings (SSSR count). The van der Waals surface area contributed by atoms with Crippen molar-refractivity contribution in [3.8, 4) is 16.9 Å². The number of benzene rings is 1. The Morgan fingerprint density at radius 3 is 2.60 bits per heavy atom.